The van der Waals surface area contributed by atoms with Crippen molar-refractivity contribution in [1.82, 2.24) is 14.7 Å². The van der Waals surface area contributed by atoms with Gasteiger partial charge in [-0.25, -0.2) is 4.68 Å². The highest BCUT2D eigenvalue weighted by Gasteiger charge is 2.33. The Morgan fingerprint density at radius 3 is 2.30 bits per heavy atom. The maximum absolute atomic E-state index is 12.6. The third-order valence-electron chi connectivity index (χ3n) is 4.04. The average Bonchev–Trinajstić information content (AvgIpc) is 3.00. The Bertz CT molecular complexity index is 643. The summed E-state index contributed by atoms with van der Waals surface area (Å²) >= 11 is 0. The van der Waals surface area contributed by atoms with E-state index in [0.717, 1.165) is 44.1 Å². The lowest BCUT2D eigenvalue weighted by Gasteiger charge is -2.29. The Morgan fingerprint density at radius 2 is 1.74 bits per heavy atom. The topological polar surface area (TPSA) is 41.3 Å². The first-order valence-corrected chi connectivity index (χ1v) is 7.54. The van der Waals surface area contributed by atoms with Crippen molar-refractivity contribution in [3.05, 3.63) is 47.8 Å². The van der Waals surface area contributed by atoms with Crippen molar-refractivity contribution in [3.8, 4) is 5.69 Å². The van der Waals surface area contributed by atoms with Gasteiger partial charge < -0.3 is 5.11 Å². The van der Waals surface area contributed by atoms with E-state index in [1.807, 2.05) is 12.1 Å². The summed E-state index contributed by atoms with van der Waals surface area (Å²) in [7, 11) is 0. The van der Waals surface area contributed by atoms with Crippen LogP contribution >= 0.6 is 0 Å². The molecule has 1 aliphatic heterocycles. The number of aromatic nitrogens is 2. The molecule has 1 fully saturated rings. The Balaban J connectivity index is 1.66. The van der Waals surface area contributed by atoms with Gasteiger partial charge in [0.2, 0.25) is 0 Å². The van der Waals surface area contributed by atoms with Crippen molar-refractivity contribution in [2.24, 2.45) is 0 Å². The van der Waals surface area contributed by atoms with Gasteiger partial charge in [0.25, 0.3) is 0 Å². The van der Waals surface area contributed by atoms with E-state index in [-0.39, 0.29) is 6.10 Å². The summed E-state index contributed by atoms with van der Waals surface area (Å²) in [5, 5.41) is 13.1. The van der Waals surface area contributed by atoms with Crippen LogP contribution in [0, 0.1) is 0 Å². The molecule has 23 heavy (non-hydrogen) atoms. The summed E-state index contributed by atoms with van der Waals surface area (Å²) in [5.41, 5.74) is 0.792. The summed E-state index contributed by atoms with van der Waals surface area (Å²) < 4.78 is 38.9. The molecule has 4 nitrogen and oxygen atoms in total. The SMILES string of the molecule is OC1CCN(Cc2ccc(-n3ccc(C(F)(F)F)n3)cc2)CC1. The smallest absolute Gasteiger partial charge is 0.393 e. The first kappa shape index (κ1) is 16.0. The molecule has 7 heteroatoms. The normalized spacial score (nSPS) is 17.6. The minimum absolute atomic E-state index is 0.198. The van der Waals surface area contributed by atoms with E-state index in [9.17, 15) is 18.3 Å². The number of aliphatic hydroxyl groups is 1. The third kappa shape index (κ3) is 3.92. The number of aliphatic hydroxyl groups excluding tert-OH is 1. The predicted octanol–water partition coefficient (Wildman–Crippen LogP) is 2.85. The number of nitrogens with zero attached hydrogens (tertiary/aromatic N) is 3. The van der Waals surface area contributed by atoms with Crippen LogP contribution in [0.3, 0.4) is 0 Å². The molecule has 0 radical (unpaired) electrons. The number of benzene rings is 1. The van der Waals surface area contributed by atoms with Crippen LogP contribution in [0.2, 0.25) is 0 Å². The van der Waals surface area contributed by atoms with Crippen LogP contribution in [0.25, 0.3) is 5.69 Å². The maximum atomic E-state index is 12.6. The largest absolute Gasteiger partial charge is 0.435 e. The first-order valence-electron chi connectivity index (χ1n) is 7.54. The lowest BCUT2D eigenvalue weighted by Crippen LogP contribution is -2.35. The van der Waals surface area contributed by atoms with Gasteiger partial charge in [-0.3, -0.25) is 4.90 Å². The second kappa shape index (κ2) is 6.33. The maximum Gasteiger partial charge on any atom is 0.435 e. The highest BCUT2D eigenvalue weighted by Crippen LogP contribution is 2.28. The summed E-state index contributed by atoms with van der Waals surface area (Å²) in [4.78, 5) is 2.26. The Hall–Kier alpha value is -1.86. The fourth-order valence-electron chi connectivity index (χ4n) is 2.71. The van der Waals surface area contributed by atoms with E-state index >= 15 is 0 Å². The van der Waals surface area contributed by atoms with Gasteiger partial charge in [0.15, 0.2) is 5.69 Å². The number of piperidine rings is 1. The molecular formula is C16H18F3N3O. The number of hydrogen-bond acceptors (Lipinski definition) is 3. The molecule has 1 aromatic carbocycles. The van der Waals surface area contributed by atoms with Gasteiger partial charge in [-0.15, -0.1) is 0 Å². The second-order valence-electron chi connectivity index (χ2n) is 5.82. The number of hydrogen-bond donors (Lipinski definition) is 1. The quantitative estimate of drug-likeness (QED) is 0.943. The predicted molar refractivity (Wildman–Crippen MR) is 79.1 cm³/mol. The van der Waals surface area contributed by atoms with E-state index in [0.29, 0.717) is 5.69 Å². The molecule has 1 aliphatic rings. The molecule has 0 unspecified atom stereocenters. The van der Waals surface area contributed by atoms with Crippen molar-refractivity contribution < 1.29 is 18.3 Å². The van der Waals surface area contributed by atoms with Crippen molar-refractivity contribution in [3.63, 3.8) is 0 Å². The van der Waals surface area contributed by atoms with Gasteiger partial charge in [0, 0.05) is 25.8 Å². The lowest BCUT2D eigenvalue weighted by molar-refractivity contribution is -0.141. The molecule has 0 bridgehead atoms. The zero-order valence-corrected chi connectivity index (χ0v) is 12.5. The van der Waals surface area contributed by atoms with Crippen LogP contribution < -0.4 is 0 Å². The standard InChI is InChI=1S/C16H18F3N3O/c17-16(18,19)15-7-10-22(20-15)13-3-1-12(2-4-13)11-21-8-5-14(23)6-9-21/h1-4,7,10,14,23H,5-6,8-9,11H2. The van der Waals surface area contributed by atoms with Crippen molar-refractivity contribution in [2.45, 2.75) is 31.7 Å². The molecule has 0 spiro atoms. The van der Waals surface area contributed by atoms with Crippen LogP contribution in [0.15, 0.2) is 36.5 Å². The summed E-state index contributed by atoms with van der Waals surface area (Å²) in [6.45, 7) is 2.49. The molecule has 1 N–H and O–H groups in total. The van der Waals surface area contributed by atoms with Gasteiger partial charge in [-0.2, -0.15) is 18.3 Å². The number of rotatable bonds is 3. The molecule has 124 valence electrons. The molecule has 0 amide bonds. The van der Waals surface area contributed by atoms with Crippen molar-refractivity contribution in [2.75, 3.05) is 13.1 Å². The molecule has 2 aromatic rings. The Labute approximate surface area is 132 Å². The van der Waals surface area contributed by atoms with Crippen LogP contribution in [0.1, 0.15) is 24.1 Å². The fraction of sp³-hybridized carbons (Fsp3) is 0.438. The summed E-state index contributed by atoms with van der Waals surface area (Å²) in [5.74, 6) is 0. The number of halogens is 3. The van der Waals surface area contributed by atoms with Crippen molar-refractivity contribution in [1.29, 1.82) is 0 Å². The molecule has 0 aliphatic carbocycles. The van der Waals surface area contributed by atoms with E-state index in [2.05, 4.69) is 10.00 Å². The molecule has 1 saturated heterocycles. The lowest BCUT2D eigenvalue weighted by atomic mass is 10.1. The van der Waals surface area contributed by atoms with Gasteiger partial charge >= 0.3 is 6.18 Å². The monoisotopic (exact) mass is 325 g/mol. The highest BCUT2D eigenvalue weighted by atomic mass is 19.4. The Morgan fingerprint density at radius 1 is 1.09 bits per heavy atom. The molecule has 0 atom stereocenters. The number of likely N-dealkylation sites (tertiary alicyclic amines) is 1. The van der Waals surface area contributed by atoms with Crippen LogP contribution in [-0.4, -0.2) is 39.0 Å². The average molecular weight is 325 g/mol. The van der Waals surface area contributed by atoms with E-state index in [1.54, 1.807) is 12.1 Å². The van der Waals surface area contributed by atoms with Gasteiger partial charge in [0.1, 0.15) is 0 Å². The second-order valence-corrected chi connectivity index (χ2v) is 5.82. The molecular weight excluding hydrogens is 307 g/mol. The molecule has 3 rings (SSSR count). The highest BCUT2D eigenvalue weighted by molar-refractivity contribution is 5.34. The minimum Gasteiger partial charge on any atom is -0.393 e. The van der Waals surface area contributed by atoms with Gasteiger partial charge in [-0.05, 0) is 36.6 Å². The number of alkyl halides is 3. The fourth-order valence-corrected chi connectivity index (χ4v) is 2.71. The zero-order chi connectivity index (χ0) is 16.4. The molecule has 1 aromatic heterocycles. The molecule has 2 heterocycles. The molecule has 0 saturated carbocycles. The zero-order valence-electron chi connectivity index (χ0n) is 12.5. The van der Waals surface area contributed by atoms with Crippen LogP contribution in [0.5, 0.6) is 0 Å². The van der Waals surface area contributed by atoms with Crippen LogP contribution in [-0.2, 0) is 12.7 Å². The first-order chi connectivity index (χ1) is 10.9. The Kier molecular flexibility index (Phi) is 4.41. The van der Waals surface area contributed by atoms with E-state index < -0.39 is 11.9 Å². The van der Waals surface area contributed by atoms with Gasteiger partial charge in [0.05, 0.1) is 11.8 Å². The van der Waals surface area contributed by atoms with E-state index in [1.165, 1.54) is 10.9 Å². The third-order valence-corrected chi connectivity index (χ3v) is 4.04. The summed E-state index contributed by atoms with van der Waals surface area (Å²) in [6, 6.07) is 8.29. The van der Waals surface area contributed by atoms with Crippen LogP contribution in [0.4, 0.5) is 13.2 Å². The summed E-state index contributed by atoms with van der Waals surface area (Å²) in [6.07, 6.45) is -1.75. The van der Waals surface area contributed by atoms with E-state index in [4.69, 9.17) is 0 Å². The van der Waals surface area contributed by atoms with Crippen molar-refractivity contribution >= 4 is 0 Å². The van der Waals surface area contributed by atoms with Gasteiger partial charge in [-0.1, -0.05) is 12.1 Å². The minimum atomic E-state index is -4.43.